The van der Waals surface area contributed by atoms with E-state index in [9.17, 15) is 0 Å². The van der Waals surface area contributed by atoms with Gasteiger partial charge in [-0.3, -0.25) is 0 Å². The average molecular weight is 281 g/mol. The van der Waals surface area contributed by atoms with E-state index in [0.29, 0.717) is 5.92 Å². The fourth-order valence-electron chi connectivity index (χ4n) is 2.33. The lowest BCUT2D eigenvalue weighted by Crippen LogP contribution is -2.21. The fourth-order valence-corrected chi connectivity index (χ4v) is 2.33. The van der Waals surface area contributed by atoms with Gasteiger partial charge in [-0.15, -0.1) is 0 Å². The zero-order valence-corrected chi connectivity index (χ0v) is 12.8. The molecule has 1 aliphatic carbocycles. The van der Waals surface area contributed by atoms with Gasteiger partial charge in [0, 0.05) is 25.0 Å². The quantitative estimate of drug-likeness (QED) is 0.875. The maximum absolute atomic E-state index is 4.25. The number of hydrogen-bond acceptors (Lipinski definition) is 2. The van der Waals surface area contributed by atoms with Crippen LogP contribution in [0.25, 0.3) is 11.8 Å². The Kier molecular flexibility index (Phi) is 4.20. The van der Waals surface area contributed by atoms with Crippen LogP contribution in [0.15, 0.2) is 48.3 Å². The highest BCUT2D eigenvalue weighted by Crippen LogP contribution is 2.21. The van der Waals surface area contributed by atoms with E-state index < -0.39 is 0 Å². The van der Waals surface area contributed by atoms with Gasteiger partial charge < -0.3 is 5.32 Å². The number of benzene rings is 1. The van der Waals surface area contributed by atoms with Crippen LogP contribution in [0, 0.1) is 5.92 Å². The van der Waals surface area contributed by atoms with E-state index in [1.54, 1.807) is 6.20 Å². The van der Waals surface area contributed by atoms with E-state index in [4.69, 9.17) is 0 Å². The highest BCUT2D eigenvalue weighted by Gasteiger charge is 2.20. The average Bonchev–Trinajstić information content (AvgIpc) is 3.15. The minimum absolute atomic E-state index is 0.571. The standard InChI is InChI=1S/C18H23N3/c1-14(2)16(13-19-17-6-7-17)12-15-4-8-18(9-5-15)21-11-3-10-20-21/h3-5,8-12,14,17,19H,6-7,13H2,1-2H3. The highest BCUT2D eigenvalue weighted by atomic mass is 15.3. The molecule has 1 saturated carbocycles. The van der Waals surface area contributed by atoms with E-state index in [1.165, 1.54) is 24.0 Å². The Bertz CT molecular complexity index is 590. The second kappa shape index (κ2) is 6.27. The van der Waals surface area contributed by atoms with Crippen molar-refractivity contribution < 1.29 is 0 Å². The zero-order valence-electron chi connectivity index (χ0n) is 12.8. The van der Waals surface area contributed by atoms with Crippen LogP contribution >= 0.6 is 0 Å². The van der Waals surface area contributed by atoms with Crippen molar-refractivity contribution >= 4 is 6.08 Å². The monoisotopic (exact) mass is 281 g/mol. The third kappa shape index (κ3) is 3.82. The Morgan fingerprint density at radius 2 is 2.10 bits per heavy atom. The molecular weight excluding hydrogens is 258 g/mol. The number of nitrogens with zero attached hydrogens (tertiary/aromatic N) is 2. The molecule has 1 aromatic carbocycles. The van der Waals surface area contributed by atoms with Gasteiger partial charge in [-0.2, -0.15) is 5.10 Å². The van der Waals surface area contributed by atoms with Crippen molar-refractivity contribution in [3.63, 3.8) is 0 Å². The molecule has 1 aliphatic rings. The van der Waals surface area contributed by atoms with Crippen molar-refractivity contribution in [1.82, 2.24) is 15.1 Å². The number of rotatable bonds is 6. The van der Waals surface area contributed by atoms with Crippen molar-refractivity contribution in [1.29, 1.82) is 0 Å². The third-order valence-corrected chi connectivity index (χ3v) is 3.93. The van der Waals surface area contributed by atoms with Crippen LogP contribution in [0.3, 0.4) is 0 Å². The summed E-state index contributed by atoms with van der Waals surface area (Å²) in [6.07, 6.45) is 8.75. The minimum Gasteiger partial charge on any atom is -0.310 e. The predicted molar refractivity (Wildman–Crippen MR) is 87.4 cm³/mol. The van der Waals surface area contributed by atoms with Gasteiger partial charge in [0.2, 0.25) is 0 Å². The lowest BCUT2D eigenvalue weighted by Gasteiger charge is -2.13. The predicted octanol–water partition coefficient (Wildman–Crippen LogP) is 3.66. The lowest BCUT2D eigenvalue weighted by atomic mass is 10.00. The molecule has 2 aromatic rings. The summed E-state index contributed by atoms with van der Waals surface area (Å²) in [6.45, 7) is 5.53. The van der Waals surface area contributed by atoms with Crippen molar-refractivity contribution in [3.05, 3.63) is 53.9 Å². The summed E-state index contributed by atoms with van der Waals surface area (Å²) in [6, 6.07) is 11.3. The number of aromatic nitrogens is 2. The first-order valence-corrected chi connectivity index (χ1v) is 7.76. The van der Waals surface area contributed by atoms with E-state index in [0.717, 1.165) is 18.3 Å². The maximum Gasteiger partial charge on any atom is 0.0645 e. The molecule has 0 unspecified atom stereocenters. The largest absolute Gasteiger partial charge is 0.310 e. The Hall–Kier alpha value is -1.87. The van der Waals surface area contributed by atoms with Gasteiger partial charge in [-0.25, -0.2) is 4.68 Å². The van der Waals surface area contributed by atoms with Gasteiger partial charge in [0.1, 0.15) is 0 Å². The molecule has 0 amide bonds. The van der Waals surface area contributed by atoms with Gasteiger partial charge in [-0.1, -0.05) is 37.6 Å². The van der Waals surface area contributed by atoms with E-state index >= 15 is 0 Å². The number of hydrogen-bond donors (Lipinski definition) is 1. The molecule has 1 heterocycles. The summed E-state index contributed by atoms with van der Waals surface area (Å²) in [7, 11) is 0. The summed E-state index contributed by atoms with van der Waals surface area (Å²) >= 11 is 0. The Morgan fingerprint density at radius 1 is 1.33 bits per heavy atom. The van der Waals surface area contributed by atoms with Crippen molar-refractivity contribution in [2.24, 2.45) is 5.92 Å². The smallest absolute Gasteiger partial charge is 0.0645 e. The summed E-state index contributed by atoms with van der Waals surface area (Å²) < 4.78 is 1.88. The van der Waals surface area contributed by atoms with Gasteiger partial charge in [0.15, 0.2) is 0 Å². The van der Waals surface area contributed by atoms with Crippen molar-refractivity contribution in [2.45, 2.75) is 32.7 Å². The molecule has 110 valence electrons. The summed E-state index contributed by atoms with van der Waals surface area (Å²) in [4.78, 5) is 0. The van der Waals surface area contributed by atoms with E-state index in [-0.39, 0.29) is 0 Å². The molecule has 1 N–H and O–H groups in total. The molecule has 1 fully saturated rings. The lowest BCUT2D eigenvalue weighted by molar-refractivity contribution is 0.662. The zero-order chi connectivity index (χ0) is 14.7. The van der Waals surface area contributed by atoms with Crippen LogP contribution in [-0.2, 0) is 0 Å². The first kappa shape index (κ1) is 14.1. The molecule has 21 heavy (non-hydrogen) atoms. The molecule has 3 rings (SSSR count). The first-order chi connectivity index (χ1) is 10.2. The van der Waals surface area contributed by atoms with Gasteiger partial charge in [-0.05, 0) is 42.5 Å². The summed E-state index contributed by atoms with van der Waals surface area (Å²) in [5.74, 6) is 0.571. The normalized spacial score (nSPS) is 15.7. The maximum atomic E-state index is 4.25. The fraction of sp³-hybridized carbons (Fsp3) is 0.389. The Labute approximate surface area is 126 Å². The molecular formula is C18H23N3. The molecule has 1 aromatic heterocycles. The highest BCUT2D eigenvalue weighted by molar-refractivity contribution is 5.55. The second-order valence-electron chi connectivity index (χ2n) is 6.07. The molecule has 3 heteroatoms. The molecule has 0 spiro atoms. The van der Waals surface area contributed by atoms with Gasteiger partial charge in [0.25, 0.3) is 0 Å². The molecule has 0 aliphatic heterocycles. The molecule has 0 saturated heterocycles. The van der Waals surface area contributed by atoms with Crippen LogP contribution in [0.2, 0.25) is 0 Å². The van der Waals surface area contributed by atoms with Gasteiger partial charge >= 0.3 is 0 Å². The Balaban J connectivity index is 1.73. The van der Waals surface area contributed by atoms with Crippen LogP contribution in [-0.4, -0.2) is 22.4 Å². The SMILES string of the molecule is CC(C)C(=Cc1ccc(-n2cccn2)cc1)CNC1CC1. The summed E-state index contributed by atoms with van der Waals surface area (Å²) in [5, 5.41) is 7.86. The minimum atomic E-state index is 0.571. The van der Waals surface area contributed by atoms with Crippen molar-refractivity contribution in [2.75, 3.05) is 6.54 Å². The van der Waals surface area contributed by atoms with E-state index in [1.807, 2.05) is 16.9 Å². The number of nitrogens with one attached hydrogen (secondary N) is 1. The van der Waals surface area contributed by atoms with Crippen LogP contribution < -0.4 is 5.32 Å². The molecule has 0 radical (unpaired) electrons. The molecule has 0 bridgehead atoms. The summed E-state index contributed by atoms with van der Waals surface area (Å²) in [5.41, 5.74) is 3.82. The third-order valence-electron chi connectivity index (χ3n) is 3.93. The van der Waals surface area contributed by atoms with Crippen LogP contribution in [0.1, 0.15) is 32.3 Å². The Morgan fingerprint density at radius 3 is 2.67 bits per heavy atom. The topological polar surface area (TPSA) is 29.9 Å². The van der Waals surface area contributed by atoms with Crippen LogP contribution in [0.5, 0.6) is 0 Å². The molecule has 3 nitrogen and oxygen atoms in total. The van der Waals surface area contributed by atoms with E-state index in [2.05, 4.69) is 54.6 Å². The van der Waals surface area contributed by atoms with Gasteiger partial charge in [0.05, 0.1) is 5.69 Å². The van der Waals surface area contributed by atoms with Crippen molar-refractivity contribution in [3.8, 4) is 5.69 Å². The first-order valence-electron chi connectivity index (χ1n) is 7.76. The second-order valence-corrected chi connectivity index (χ2v) is 6.07. The molecule has 0 atom stereocenters. The van der Waals surface area contributed by atoms with Crippen LogP contribution in [0.4, 0.5) is 0 Å².